The summed E-state index contributed by atoms with van der Waals surface area (Å²) in [5.74, 6) is 1.06. The number of hydrogen-bond donors (Lipinski definition) is 0. The molecule has 3 nitrogen and oxygen atoms in total. The molecule has 0 radical (unpaired) electrons. The average molecular weight is 272 g/mol. The minimum atomic E-state index is -2.98. The van der Waals surface area contributed by atoms with Crippen LogP contribution in [0, 0.1) is 17.8 Å². The summed E-state index contributed by atoms with van der Waals surface area (Å²) < 4.78 is 23.3. The highest BCUT2D eigenvalue weighted by Gasteiger charge is 2.38. The Morgan fingerprint density at radius 3 is 2.28 bits per heavy atom. The molecule has 18 heavy (non-hydrogen) atoms. The molecule has 0 amide bonds. The van der Waals surface area contributed by atoms with E-state index in [1.165, 1.54) is 6.26 Å². The number of rotatable bonds is 3. The molecule has 0 bridgehead atoms. The highest BCUT2D eigenvalue weighted by atomic mass is 32.2. The van der Waals surface area contributed by atoms with E-state index in [1.807, 2.05) is 0 Å². The second kappa shape index (κ2) is 5.32. The van der Waals surface area contributed by atoms with Crippen molar-refractivity contribution in [2.45, 2.75) is 57.1 Å². The summed E-state index contributed by atoms with van der Waals surface area (Å²) in [6.07, 6.45) is 7.72. The van der Waals surface area contributed by atoms with Crippen molar-refractivity contribution in [2.24, 2.45) is 17.8 Å². The molecule has 0 heterocycles. The van der Waals surface area contributed by atoms with Crippen molar-refractivity contribution in [1.82, 2.24) is 0 Å². The Bertz CT molecular complexity index is 413. The Kier molecular flexibility index (Phi) is 4.15. The molecule has 0 spiro atoms. The second-order valence-electron chi connectivity index (χ2n) is 6.23. The molecule has 0 saturated heterocycles. The maximum atomic E-state index is 12.5. The van der Waals surface area contributed by atoms with Gasteiger partial charge >= 0.3 is 0 Å². The first-order valence-electron chi connectivity index (χ1n) is 7.12. The molecule has 4 atom stereocenters. The van der Waals surface area contributed by atoms with Crippen molar-refractivity contribution < 1.29 is 13.2 Å². The van der Waals surface area contributed by atoms with E-state index in [0.717, 1.165) is 38.5 Å². The molecule has 0 aliphatic heterocycles. The maximum Gasteiger partial charge on any atom is 0.150 e. The van der Waals surface area contributed by atoms with Crippen molar-refractivity contribution in [3.05, 3.63) is 0 Å². The minimum Gasteiger partial charge on any atom is -0.299 e. The van der Waals surface area contributed by atoms with Crippen LogP contribution in [-0.2, 0) is 14.6 Å². The van der Waals surface area contributed by atoms with Crippen LogP contribution in [-0.4, -0.2) is 25.7 Å². The molecule has 0 aromatic rings. The zero-order chi connectivity index (χ0) is 13.3. The summed E-state index contributed by atoms with van der Waals surface area (Å²) in [5.41, 5.74) is 0. The molecule has 2 aliphatic rings. The lowest BCUT2D eigenvalue weighted by molar-refractivity contribution is -0.128. The SMILES string of the molecule is CC1CCCC1C(=O)C1CCCC(S(C)(=O)=O)C1. The van der Waals surface area contributed by atoms with Crippen molar-refractivity contribution >= 4 is 15.6 Å². The normalized spacial score (nSPS) is 37.7. The van der Waals surface area contributed by atoms with E-state index >= 15 is 0 Å². The van der Waals surface area contributed by atoms with E-state index < -0.39 is 9.84 Å². The molecule has 2 aliphatic carbocycles. The summed E-state index contributed by atoms with van der Waals surface area (Å²) in [6, 6.07) is 0. The maximum absolute atomic E-state index is 12.5. The molecule has 104 valence electrons. The van der Waals surface area contributed by atoms with Crippen LogP contribution in [0.4, 0.5) is 0 Å². The van der Waals surface area contributed by atoms with Gasteiger partial charge in [0.1, 0.15) is 15.6 Å². The van der Waals surface area contributed by atoms with Crippen LogP contribution < -0.4 is 0 Å². The first kappa shape index (κ1) is 14.0. The van der Waals surface area contributed by atoms with Crippen LogP contribution in [0.25, 0.3) is 0 Å². The monoisotopic (exact) mass is 272 g/mol. The van der Waals surface area contributed by atoms with E-state index in [4.69, 9.17) is 0 Å². The van der Waals surface area contributed by atoms with Gasteiger partial charge in [0.2, 0.25) is 0 Å². The average Bonchev–Trinajstić information content (AvgIpc) is 2.73. The van der Waals surface area contributed by atoms with Gasteiger partial charge in [-0.2, -0.15) is 0 Å². The second-order valence-corrected chi connectivity index (χ2v) is 8.56. The first-order valence-corrected chi connectivity index (χ1v) is 9.07. The fourth-order valence-electron chi connectivity index (χ4n) is 3.66. The van der Waals surface area contributed by atoms with Crippen molar-refractivity contribution in [1.29, 1.82) is 0 Å². The lowest BCUT2D eigenvalue weighted by atomic mass is 9.78. The van der Waals surface area contributed by atoms with Gasteiger partial charge in [-0.05, 0) is 38.0 Å². The van der Waals surface area contributed by atoms with Crippen LogP contribution >= 0.6 is 0 Å². The Hall–Kier alpha value is -0.380. The van der Waals surface area contributed by atoms with E-state index in [9.17, 15) is 13.2 Å². The molecule has 4 heteroatoms. The summed E-state index contributed by atoms with van der Waals surface area (Å²) in [7, 11) is -2.98. The predicted octanol–water partition coefficient (Wildman–Crippen LogP) is 2.60. The Morgan fingerprint density at radius 1 is 1.06 bits per heavy atom. The largest absolute Gasteiger partial charge is 0.299 e. The van der Waals surface area contributed by atoms with Crippen LogP contribution in [0.3, 0.4) is 0 Å². The van der Waals surface area contributed by atoms with Gasteiger partial charge in [0.15, 0.2) is 0 Å². The molecule has 0 aromatic carbocycles. The van der Waals surface area contributed by atoms with Gasteiger partial charge < -0.3 is 0 Å². The highest BCUT2D eigenvalue weighted by molar-refractivity contribution is 7.91. The molecule has 2 saturated carbocycles. The topological polar surface area (TPSA) is 51.2 Å². The van der Waals surface area contributed by atoms with Gasteiger partial charge in [0.25, 0.3) is 0 Å². The molecule has 2 fully saturated rings. The number of carbonyl (C=O) groups is 1. The van der Waals surface area contributed by atoms with Crippen LogP contribution in [0.15, 0.2) is 0 Å². The predicted molar refractivity (Wildman–Crippen MR) is 72.1 cm³/mol. The summed E-state index contributed by atoms with van der Waals surface area (Å²) >= 11 is 0. The lowest BCUT2D eigenvalue weighted by Gasteiger charge is -2.29. The zero-order valence-electron chi connectivity index (χ0n) is 11.4. The third kappa shape index (κ3) is 2.95. The number of Topliss-reactive ketones (excluding diaryl/α,β-unsaturated/α-hetero) is 1. The summed E-state index contributed by atoms with van der Waals surface area (Å²) in [5, 5.41) is -0.281. The van der Waals surface area contributed by atoms with E-state index in [-0.39, 0.29) is 17.1 Å². The highest BCUT2D eigenvalue weighted by Crippen LogP contribution is 2.38. The van der Waals surface area contributed by atoms with Crippen LogP contribution in [0.1, 0.15) is 51.9 Å². The van der Waals surface area contributed by atoms with Crippen LogP contribution in [0.2, 0.25) is 0 Å². The molecule has 0 N–H and O–H groups in total. The molecule has 4 unspecified atom stereocenters. The number of sulfone groups is 1. The third-order valence-corrected chi connectivity index (χ3v) is 6.50. The number of ketones is 1. The van der Waals surface area contributed by atoms with Gasteiger partial charge in [0, 0.05) is 18.1 Å². The van der Waals surface area contributed by atoms with Gasteiger partial charge in [0.05, 0.1) is 5.25 Å². The Balaban J connectivity index is 2.02. The van der Waals surface area contributed by atoms with Gasteiger partial charge in [-0.15, -0.1) is 0 Å². The smallest absolute Gasteiger partial charge is 0.150 e. The minimum absolute atomic E-state index is 0.00373. The summed E-state index contributed by atoms with van der Waals surface area (Å²) in [4.78, 5) is 12.5. The van der Waals surface area contributed by atoms with Gasteiger partial charge in [-0.1, -0.05) is 19.8 Å². The fourth-order valence-corrected chi connectivity index (χ4v) is 4.84. The van der Waals surface area contributed by atoms with Gasteiger partial charge in [-0.25, -0.2) is 8.42 Å². The number of hydrogen-bond acceptors (Lipinski definition) is 3. The van der Waals surface area contributed by atoms with Crippen molar-refractivity contribution in [2.75, 3.05) is 6.26 Å². The summed E-state index contributed by atoms with van der Waals surface area (Å²) in [6.45, 7) is 2.16. The molecular formula is C14H24O3S. The van der Waals surface area contributed by atoms with Crippen molar-refractivity contribution in [3.8, 4) is 0 Å². The fraction of sp³-hybridized carbons (Fsp3) is 0.929. The zero-order valence-corrected chi connectivity index (χ0v) is 12.2. The van der Waals surface area contributed by atoms with E-state index in [0.29, 0.717) is 18.1 Å². The van der Waals surface area contributed by atoms with Crippen molar-refractivity contribution in [3.63, 3.8) is 0 Å². The van der Waals surface area contributed by atoms with E-state index in [1.54, 1.807) is 0 Å². The van der Waals surface area contributed by atoms with Gasteiger partial charge in [-0.3, -0.25) is 4.79 Å². The van der Waals surface area contributed by atoms with Crippen LogP contribution in [0.5, 0.6) is 0 Å². The molecular weight excluding hydrogens is 248 g/mol. The quantitative estimate of drug-likeness (QED) is 0.793. The number of carbonyl (C=O) groups excluding carboxylic acids is 1. The van der Waals surface area contributed by atoms with E-state index in [2.05, 4.69) is 6.92 Å². The molecule has 0 aromatic heterocycles. The third-order valence-electron chi connectivity index (χ3n) is 4.86. The Labute approximate surface area is 110 Å². The Morgan fingerprint density at radius 2 is 1.72 bits per heavy atom. The standard InChI is InChI=1S/C14H24O3S/c1-10-5-3-8-13(10)14(15)11-6-4-7-12(9-11)18(2,16)17/h10-13H,3-9H2,1-2H3. The molecule has 2 rings (SSSR count). The first-order chi connectivity index (χ1) is 8.39. The lowest BCUT2D eigenvalue weighted by Crippen LogP contribution is -2.34.